The van der Waals surface area contributed by atoms with Gasteiger partial charge in [-0.3, -0.25) is 14.4 Å². The van der Waals surface area contributed by atoms with E-state index in [1.54, 1.807) is 19.1 Å². The largest absolute Gasteiger partial charge is 0.481 e. The van der Waals surface area contributed by atoms with E-state index in [0.717, 1.165) is 25.7 Å². The van der Waals surface area contributed by atoms with Crippen LogP contribution in [0.1, 0.15) is 52.9 Å². The molecular weight excluding hydrogens is 328 g/mol. The van der Waals surface area contributed by atoms with Crippen LogP contribution in [-0.4, -0.2) is 22.6 Å². The molecule has 0 amide bonds. The van der Waals surface area contributed by atoms with Crippen LogP contribution < -0.4 is 0 Å². The molecule has 4 aliphatic rings. The van der Waals surface area contributed by atoms with Gasteiger partial charge in [0.1, 0.15) is 5.78 Å². The molecule has 0 aromatic carbocycles. The van der Waals surface area contributed by atoms with Gasteiger partial charge in [-0.05, 0) is 61.5 Å². The number of fused-ring (bicyclic) bond motifs is 5. The molecule has 3 saturated carbocycles. The maximum absolute atomic E-state index is 13.4. The molecule has 0 heterocycles. The van der Waals surface area contributed by atoms with E-state index in [2.05, 4.69) is 6.92 Å². The standard InChI is InChI=1S/C22H28O4/c1-12(20(25)26)16-6-7-17-15-5-4-13-10-14(23)8-9-21(13,2)18(15)11-19(24)22(16,17)3/h8-10,12,15-18H,4-7,11H2,1-3H3,(H,25,26)/t12?,15-,16+,17-,18-,21-,22+/m0/s1. The summed E-state index contributed by atoms with van der Waals surface area (Å²) in [4.78, 5) is 36.8. The molecule has 1 unspecified atom stereocenters. The Morgan fingerprint density at radius 3 is 2.62 bits per heavy atom. The third kappa shape index (κ3) is 2.17. The first-order valence-corrected chi connectivity index (χ1v) is 9.90. The molecule has 0 bridgehead atoms. The summed E-state index contributed by atoms with van der Waals surface area (Å²) in [7, 11) is 0. The van der Waals surface area contributed by atoms with Crippen molar-refractivity contribution in [2.75, 3.05) is 0 Å². The number of carboxylic acid groups (broad SMARTS) is 1. The van der Waals surface area contributed by atoms with Gasteiger partial charge in [0.25, 0.3) is 0 Å². The molecule has 0 aromatic heterocycles. The molecule has 4 aliphatic carbocycles. The first kappa shape index (κ1) is 17.7. The second-order valence-electron chi connectivity index (χ2n) is 9.32. The van der Waals surface area contributed by atoms with Gasteiger partial charge in [0.15, 0.2) is 5.78 Å². The summed E-state index contributed by atoms with van der Waals surface area (Å²) < 4.78 is 0. The van der Waals surface area contributed by atoms with Crippen LogP contribution in [0, 0.1) is 40.4 Å². The molecule has 0 aliphatic heterocycles. The average Bonchev–Trinajstić information content (AvgIpc) is 2.94. The highest BCUT2D eigenvalue weighted by atomic mass is 16.4. The Kier molecular flexibility index (Phi) is 3.84. The zero-order chi connectivity index (χ0) is 18.9. The number of aliphatic carboxylic acids is 1. The maximum atomic E-state index is 13.4. The van der Waals surface area contributed by atoms with Crippen LogP contribution in [0.4, 0.5) is 0 Å². The van der Waals surface area contributed by atoms with Crippen molar-refractivity contribution < 1.29 is 19.5 Å². The normalized spacial score (nSPS) is 45.4. The third-order valence-electron chi connectivity index (χ3n) is 8.48. The first-order chi connectivity index (χ1) is 12.2. The van der Waals surface area contributed by atoms with E-state index in [4.69, 9.17) is 0 Å². The van der Waals surface area contributed by atoms with Gasteiger partial charge in [-0.2, -0.15) is 0 Å². The van der Waals surface area contributed by atoms with Crippen molar-refractivity contribution in [3.8, 4) is 0 Å². The lowest BCUT2D eigenvalue weighted by Crippen LogP contribution is -2.55. The van der Waals surface area contributed by atoms with Gasteiger partial charge in [-0.1, -0.05) is 32.4 Å². The van der Waals surface area contributed by atoms with E-state index in [1.165, 1.54) is 5.57 Å². The molecule has 0 aromatic rings. The molecule has 3 fully saturated rings. The van der Waals surface area contributed by atoms with Crippen molar-refractivity contribution in [1.82, 2.24) is 0 Å². The molecule has 0 saturated heterocycles. The summed E-state index contributed by atoms with van der Waals surface area (Å²) in [6.07, 6.45) is 9.67. The Bertz CT molecular complexity index is 747. The van der Waals surface area contributed by atoms with Crippen molar-refractivity contribution in [3.05, 3.63) is 23.8 Å². The minimum atomic E-state index is -0.790. The Morgan fingerprint density at radius 2 is 1.92 bits per heavy atom. The predicted octanol–water partition coefficient (Wildman–Crippen LogP) is 3.81. The van der Waals surface area contributed by atoms with E-state index in [9.17, 15) is 19.5 Å². The van der Waals surface area contributed by atoms with E-state index >= 15 is 0 Å². The molecule has 4 heteroatoms. The number of hydrogen-bond acceptors (Lipinski definition) is 3. The fraction of sp³-hybridized carbons (Fsp3) is 0.682. The monoisotopic (exact) mass is 356 g/mol. The number of ketones is 2. The predicted molar refractivity (Wildman–Crippen MR) is 97.3 cm³/mol. The summed E-state index contributed by atoms with van der Waals surface area (Å²) in [5.74, 6) is -0.100. The highest BCUT2D eigenvalue weighted by molar-refractivity contribution is 6.01. The van der Waals surface area contributed by atoms with Crippen LogP contribution in [0.3, 0.4) is 0 Å². The summed E-state index contributed by atoms with van der Waals surface area (Å²) >= 11 is 0. The highest BCUT2D eigenvalue weighted by Crippen LogP contribution is 2.65. The fourth-order valence-corrected chi connectivity index (χ4v) is 6.92. The van der Waals surface area contributed by atoms with E-state index in [0.29, 0.717) is 12.3 Å². The maximum Gasteiger partial charge on any atom is 0.306 e. The Labute approximate surface area is 154 Å². The number of hydrogen-bond donors (Lipinski definition) is 1. The van der Waals surface area contributed by atoms with Gasteiger partial charge >= 0.3 is 5.97 Å². The molecule has 26 heavy (non-hydrogen) atoms. The van der Waals surface area contributed by atoms with E-state index in [1.807, 2.05) is 13.0 Å². The van der Waals surface area contributed by atoms with Gasteiger partial charge in [-0.15, -0.1) is 0 Å². The zero-order valence-corrected chi connectivity index (χ0v) is 15.8. The molecule has 4 rings (SSSR count). The van der Waals surface area contributed by atoms with Crippen LogP contribution in [0.15, 0.2) is 23.8 Å². The van der Waals surface area contributed by atoms with Gasteiger partial charge in [0, 0.05) is 17.3 Å². The lowest BCUT2D eigenvalue weighted by atomic mass is 9.47. The molecule has 140 valence electrons. The summed E-state index contributed by atoms with van der Waals surface area (Å²) in [5, 5.41) is 9.53. The zero-order valence-electron chi connectivity index (χ0n) is 15.8. The topological polar surface area (TPSA) is 71.4 Å². The first-order valence-electron chi connectivity index (χ1n) is 9.90. The molecule has 4 nitrogen and oxygen atoms in total. The number of rotatable bonds is 2. The smallest absolute Gasteiger partial charge is 0.306 e. The van der Waals surface area contributed by atoms with Crippen LogP contribution in [0.25, 0.3) is 0 Å². The van der Waals surface area contributed by atoms with E-state index < -0.39 is 17.3 Å². The van der Waals surface area contributed by atoms with Gasteiger partial charge in [-0.25, -0.2) is 0 Å². The number of carbonyl (C=O) groups excluding carboxylic acids is 2. The lowest BCUT2D eigenvalue weighted by Gasteiger charge is -2.56. The van der Waals surface area contributed by atoms with Crippen molar-refractivity contribution in [2.45, 2.75) is 52.9 Å². The van der Waals surface area contributed by atoms with Crippen molar-refractivity contribution >= 4 is 17.5 Å². The second kappa shape index (κ2) is 5.64. The van der Waals surface area contributed by atoms with Crippen molar-refractivity contribution in [2.24, 2.45) is 40.4 Å². The number of carboxylic acids is 1. The molecule has 1 N–H and O–H groups in total. The Hall–Kier alpha value is -1.71. The SMILES string of the molecule is CC(C(=O)O)[C@H]1CC[C@H]2[C@@H]3CCC4=CC(=O)C=C[C@]4(C)[C@H]3CC(=O)[C@]12C. The number of carbonyl (C=O) groups is 3. The number of Topliss-reactive ketones (excluding diaryl/α,β-unsaturated/α-hetero) is 1. The molecule has 7 atom stereocenters. The van der Waals surface area contributed by atoms with E-state index in [-0.39, 0.29) is 34.7 Å². The number of allylic oxidation sites excluding steroid dienone is 4. The van der Waals surface area contributed by atoms with Crippen LogP contribution in [0.2, 0.25) is 0 Å². The Morgan fingerprint density at radius 1 is 1.19 bits per heavy atom. The molecule has 0 radical (unpaired) electrons. The van der Waals surface area contributed by atoms with Crippen LogP contribution in [0.5, 0.6) is 0 Å². The van der Waals surface area contributed by atoms with Crippen LogP contribution in [-0.2, 0) is 14.4 Å². The minimum Gasteiger partial charge on any atom is -0.481 e. The van der Waals surface area contributed by atoms with Gasteiger partial charge in [0.2, 0.25) is 0 Å². The lowest BCUT2D eigenvalue weighted by molar-refractivity contribution is -0.153. The van der Waals surface area contributed by atoms with Gasteiger partial charge in [0.05, 0.1) is 5.92 Å². The molecule has 0 spiro atoms. The third-order valence-corrected chi connectivity index (χ3v) is 8.48. The average molecular weight is 356 g/mol. The minimum absolute atomic E-state index is 0.0547. The second-order valence-corrected chi connectivity index (χ2v) is 9.32. The quantitative estimate of drug-likeness (QED) is 0.817. The highest BCUT2D eigenvalue weighted by Gasteiger charge is 2.63. The van der Waals surface area contributed by atoms with Crippen LogP contribution >= 0.6 is 0 Å². The summed E-state index contributed by atoms with van der Waals surface area (Å²) in [6, 6.07) is 0. The summed E-state index contributed by atoms with van der Waals surface area (Å²) in [6.45, 7) is 5.99. The fourth-order valence-electron chi connectivity index (χ4n) is 6.92. The Balaban J connectivity index is 1.71. The summed E-state index contributed by atoms with van der Waals surface area (Å²) in [5.41, 5.74) is 0.464. The van der Waals surface area contributed by atoms with Crippen molar-refractivity contribution in [3.63, 3.8) is 0 Å². The molecular formula is C22H28O4. The van der Waals surface area contributed by atoms with Crippen molar-refractivity contribution in [1.29, 1.82) is 0 Å². The van der Waals surface area contributed by atoms with Gasteiger partial charge < -0.3 is 5.11 Å².